The van der Waals surface area contributed by atoms with Crippen LogP contribution in [0.15, 0.2) is 84.0 Å². The summed E-state index contributed by atoms with van der Waals surface area (Å²) in [5.74, 6) is -0.659. The molecule has 2 amide bonds. The lowest BCUT2D eigenvalue weighted by molar-refractivity contribution is -0.384. The molecule has 150 valence electrons. The quantitative estimate of drug-likeness (QED) is 0.368. The summed E-state index contributed by atoms with van der Waals surface area (Å²) >= 11 is 0. The lowest BCUT2D eigenvalue weighted by Crippen LogP contribution is -2.19. The van der Waals surface area contributed by atoms with Crippen LogP contribution < -0.4 is 10.7 Å². The van der Waals surface area contributed by atoms with Crippen molar-refractivity contribution in [3.63, 3.8) is 0 Å². The number of hydrogen-bond acceptors (Lipinski definition) is 5. The number of hydrogen-bond donors (Lipinski definition) is 2. The monoisotopic (exact) mass is 402 g/mol. The van der Waals surface area contributed by atoms with Crippen molar-refractivity contribution in [2.75, 3.05) is 5.32 Å². The van der Waals surface area contributed by atoms with Crippen LogP contribution in [0.2, 0.25) is 0 Å². The van der Waals surface area contributed by atoms with E-state index >= 15 is 0 Å². The van der Waals surface area contributed by atoms with Crippen molar-refractivity contribution in [3.05, 3.63) is 106 Å². The Bertz CT molecular complexity index is 1090. The van der Waals surface area contributed by atoms with Gasteiger partial charge in [-0.3, -0.25) is 19.7 Å². The largest absolute Gasteiger partial charge is 0.322 e. The van der Waals surface area contributed by atoms with E-state index in [2.05, 4.69) is 15.8 Å². The molecule has 3 aromatic carbocycles. The Balaban J connectivity index is 1.60. The second-order valence-electron chi connectivity index (χ2n) is 6.34. The zero-order valence-corrected chi connectivity index (χ0v) is 16.0. The number of rotatable bonds is 6. The van der Waals surface area contributed by atoms with Crippen LogP contribution in [-0.2, 0) is 0 Å². The van der Waals surface area contributed by atoms with E-state index in [1.54, 1.807) is 67.6 Å². The number of carbonyl (C=O) groups excluding carboxylic acids is 2. The molecule has 0 saturated heterocycles. The topological polar surface area (TPSA) is 114 Å². The van der Waals surface area contributed by atoms with Gasteiger partial charge in [0.25, 0.3) is 17.5 Å². The third-order valence-corrected chi connectivity index (χ3v) is 4.26. The SMILES string of the molecule is C/C(=N\NC(=O)c1ccc(NC(=O)c2ccccc2)cc1)c1ccc([N+](=O)[O-])cc1. The normalized spacial score (nSPS) is 10.9. The van der Waals surface area contributed by atoms with Gasteiger partial charge in [-0.15, -0.1) is 0 Å². The maximum atomic E-state index is 12.3. The summed E-state index contributed by atoms with van der Waals surface area (Å²) < 4.78 is 0. The maximum absolute atomic E-state index is 12.3. The number of anilines is 1. The van der Waals surface area contributed by atoms with Crippen LogP contribution in [0.3, 0.4) is 0 Å². The van der Waals surface area contributed by atoms with E-state index in [1.807, 2.05) is 6.07 Å². The number of non-ortho nitro benzene ring substituents is 1. The maximum Gasteiger partial charge on any atom is 0.271 e. The van der Waals surface area contributed by atoms with Crippen LogP contribution in [0.1, 0.15) is 33.2 Å². The van der Waals surface area contributed by atoms with Gasteiger partial charge in [0, 0.05) is 28.9 Å². The van der Waals surface area contributed by atoms with Crippen molar-refractivity contribution in [1.29, 1.82) is 0 Å². The predicted octanol–water partition coefficient (Wildman–Crippen LogP) is 4.00. The number of nitro benzene ring substituents is 1. The minimum Gasteiger partial charge on any atom is -0.322 e. The first kappa shape index (κ1) is 20.4. The van der Waals surface area contributed by atoms with E-state index in [4.69, 9.17) is 0 Å². The first-order valence-corrected chi connectivity index (χ1v) is 9.00. The summed E-state index contributed by atoms with van der Waals surface area (Å²) in [6, 6.07) is 21.1. The van der Waals surface area contributed by atoms with Gasteiger partial charge in [0.05, 0.1) is 10.6 Å². The molecule has 0 atom stereocenters. The Morgan fingerprint density at radius 1 is 0.800 bits per heavy atom. The molecule has 2 N–H and O–H groups in total. The van der Waals surface area contributed by atoms with Gasteiger partial charge < -0.3 is 5.32 Å². The Kier molecular flexibility index (Phi) is 6.29. The van der Waals surface area contributed by atoms with Crippen molar-refractivity contribution < 1.29 is 14.5 Å². The molecule has 8 nitrogen and oxygen atoms in total. The third kappa shape index (κ3) is 5.14. The lowest BCUT2D eigenvalue weighted by atomic mass is 10.1. The molecule has 0 aliphatic carbocycles. The standard InChI is InChI=1S/C22H18N4O4/c1-15(16-9-13-20(14-10-16)26(29)30)24-25-22(28)18-7-11-19(12-8-18)23-21(27)17-5-3-2-4-6-17/h2-14H,1H3,(H,23,27)(H,25,28)/b24-15+. The molecule has 0 heterocycles. The van der Waals surface area contributed by atoms with Crippen LogP contribution in [0.4, 0.5) is 11.4 Å². The predicted molar refractivity (Wildman–Crippen MR) is 114 cm³/mol. The van der Waals surface area contributed by atoms with Crippen LogP contribution in [0, 0.1) is 10.1 Å². The Morgan fingerprint density at radius 3 is 1.97 bits per heavy atom. The van der Waals surface area contributed by atoms with E-state index in [0.29, 0.717) is 28.1 Å². The minimum absolute atomic E-state index is 0.0185. The first-order chi connectivity index (χ1) is 14.4. The fourth-order valence-electron chi connectivity index (χ4n) is 2.59. The Morgan fingerprint density at radius 2 is 1.37 bits per heavy atom. The Labute approximate surface area is 172 Å². The molecule has 0 spiro atoms. The average Bonchev–Trinajstić information content (AvgIpc) is 2.78. The van der Waals surface area contributed by atoms with E-state index in [9.17, 15) is 19.7 Å². The number of amides is 2. The number of carbonyl (C=O) groups is 2. The molecule has 0 radical (unpaired) electrons. The van der Waals surface area contributed by atoms with Gasteiger partial charge in [-0.1, -0.05) is 18.2 Å². The summed E-state index contributed by atoms with van der Waals surface area (Å²) in [4.78, 5) is 34.7. The second kappa shape index (κ2) is 9.24. The summed E-state index contributed by atoms with van der Waals surface area (Å²) in [7, 11) is 0. The van der Waals surface area contributed by atoms with Crippen molar-refractivity contribution >= 4 is 28.9 Å². The lowest BCUT2D eigenvalue weighted by Gasteiger charge is -2.07. The van der Waals surface area contributed by atoms with E-state index in [1.165, 1.54) is 12.1 Å². The highest BCUT2D eigenvalue weighted by Gasteiger charge is 2.09. The van der Waals surface area contributed by atoms with Crippen molar-refractivity contribution in [2.45, 2.75) is 6.92 Å². The van der Waals surface area contributed by atoms with Crippen LogP contribution in [-0.4, -0.2) is 22.4 Å². The smallest absolute Gasteiger partial charge is 0.271 e. The highest BCUT2D eigenvalue weighted by molar-refractivity contribution is 6.04. The summed E-state index contributed by atoms with van der Waals surface area (Å²) in [6.45, 7) is 1.68. The van der Waals surface area contributed by atoms with Gasteiger partial charge in [-0.2, -0.15) is 5.10 Å². The Hall–Kier alpha value is -4.33. The fourth-order valence-corrected chi connectivity index (χ4v) is 2.59. The highest BCUT2D eigenvalue weighted by Crippen LogP contribution is 2.13. The molecule has 3 rings (SSSR count). The van der Waals surface area contributed by atoms with Crippen molar-refractivity contribution in [3.8, 4) is 0 Å². The summed E-state index contributed by atoms with van der Waals surface area (Å²) in [5.41, 5.74) is 5.05. The number of nitro groups is 1. The average molecular weight is 402 g/mol. The zero-order chi connectivity index (χ0) is 21.5. The molecule has 0 aliphatic rings. The summed E-state index contributed by atoms with van der Waals surface area (Å²) in [5, 5.41) is 17.5. The zero-order valence-electron chi connectivity index (χ0n) is 16.0. The van der Waals surface area contributed by atoms with Gasteiger partial charge >= 0.3 is 0 Å². The van der Waals surface area contributed by atoms with Gasteiger partial charge in [0.15, 0.2) is 0 Å². The van der Waals surface area contributed by atoms with Gasteiger partial charge in [0.1, 0.15) is 0 Å². The molecule has 8 heteroatoms. The van der Waals surface area contributed by atoms with Crippen LogP contribution in [0.25, 0.3) is 0 Å². The van der Waals surface area contributed by atoms with E-state index in [-0.39, 0.29) is 11.6 Å². The van der Waals surface area contributed by atoms with Crippen molar-refractivity contribution in [2.24, 2.45) is 5.10 Å². The molecule has 0 aliphatic heterocycles. The summed E-state index contributed by atoms with van der Waals surface area (Å²) in [6.07, 6.45) is 0. The van der Waals surface area contributed by atoms with E-state index < -0.39 is 10.8 Å². The van der Waals surface area contributed by atoms with Gasteiger partial charge in [0.2, 0.25) is 0 Å². The fraction of sp³-hybridized carbons (Fsp3) is 0.0455. The van der Waals surface area contributed by atoms with Gasteiger partial charge in [-0.05, 0) is 61.0 Å². The molecule has 0 bridgehead atoms. The molecule has 0 fully saturated rings. The highest BCUT2D eigenvalue weighted by atomic mass is 16.6. The molecular weight excluding hydrogens is 384 g/mol. The number of nitrogens with zero attached hydrogens (tertiary/aromatic N) is 2. The number of nitrogens with one attached hydrogen (secondary N) is 2. The molecule has 0 saturated carbocycles. The van der Waals surface area contributed by atoms with Crippen LogP contribution in [0.5, 0.6) is 0 Å². The number of hydrazone groups is 1. The molecule has 30 heavy (non-hydrogen) atoms. The third-order valence-electron chi connectivity index (χ3n) is 4.26. The molecule has 0 aromatic heterocycles. The molecule has 0 unspecified atom stereocenters. The van der Waals surface area contributed by atoms with Crippen molar-refractivity contribution in [1.82, 2.24) is 5.43 Å². The van der Waals surface area contributed by atoms with E-state index in [0.717, 1.165) is 0 Å². The molecular formula is C22H18N4O4. The number of benzene rings is 3. The van der Waals surface area contributed by atoms with Gasteiger partial charge in [-0.25, -0.2) is 5.43 Å². The first-order valence-electron chi connectivity index (χ1n) is 9.00. The van der Waals surface area contributed by atoms with Crippen LogP contribution >= 0.6 is 0 Å². The molecule has 3 aromatic rings. The second-order valence-corrected chi connectivity index (χ2v) is 6.34. The minimum atomic E-state index is -0.482.